The third-order valence-corrected chi connectivity index (χ3v) is 3.78. The molecule has 0 amide bonds. The van der Waals surface area contributed by atoms with Crippen LogP contribution in [0.5, 0.6) is 0 Å². The van der Waals surface area contributed by atoms with E-state index in [2.05, 4.69) is 4.90 Å². The van der Waals surface area contributed by atoms with Gasteiger partial charge in [-0.15, -0.1) is 0 Å². The van der Waals surface area contributed by atoms with Gasteiger partial charge in [-0.1, -0.05) is 17.7 Å². The Labute approximate surface area is 117 Å². The summed E-state index contributed by atoms with van der Waals surface area (Å²) in [5.74, 6) is -0.866. The topological polar surface area (TPSA) is 29.5 Å². The highest BCUT2D eigenvalue weighted by atomic mass is 35.5. The standard InChI is InChI=1S/C14H17ClFNO2/c1-3-19-14(18)12-8-17(2)7-11(12)10-5-4-9(16)6-13(10)15/h4-6,11-12H,3,7-8H2,1-2H3. The van der Waals surface area contributed by atoms with Crippen molar-refractivity contribution in [2.45, 2.75) is 12.8 Å². The third kappa shape index (κ3) is 3.07. The molecule has 0 radical (unpaired) electrons. The summed E-state index contributed by atoms with van der Waals surface area (Å²) >= 11 is 6.09. The normalized spacial score (nSPS) is 23.6. The maximum absolute atomic E-state index is 13.1. The smallest absolute Gasteiger partial charge is 0.310 e. The SMILES string of the molecule is CCOC(=O)C1CN(C)CC1c1ccc(F)cc1Cl. The lowest BCUT2D eigenvalue weighted by molar-refractivity contribution is -0.147. The number of hydrogen-bond acceptors (Lipinski definition) is 3. The fourth-order valence-corrected chi connectivity index (χ4v) is 2.91. The molecule has 2 unspecified atom stereocenters. The van der Waals surface area contributed by atoms with Crippen molar-refractivity contribution >= 4 is 17.6 Å². The number of esters is 1. The van der Waals surface area contributed by atoms with Gasteiger partial charge in [-0.3, -0.25) is 4.79 Å². The minimum Gasteiger partial charge on any atom is -0.466 e. The van der Waals surface area contributed by atoms with E-state index in [-0.39, 0.29) is 23.6 Å². The van der Waals surface area contributed by atoms with Crippen molar-refractivity contribution < 1.29 is 13.9 Å². The van der Waals surface area contributed by atoms with Gasteiger partial charge in [0.25, 0.3) is 0 Å². The van der Waals surface area contributed by atoms with Crippen molar-refractivity contribution in [3.05, 3.63) is 34.6 Å². The zero-order chi connectivity index (χ0) is 14.0. The van der Waals surface area contributed by atoms with Crippen LogP contribution >= 0.6 is 11.6 Å². The molecule has 1 saturated heterocycles. The Hall–Kier alpha value is -1.13. The second-order valence-corrected chi connectivity index (χ2v) is 5.26. The fourth-order valence-electron chi connectivity index (χ4n) is 2.61. The van der Waals surface area contributed by atoms with Gasteiger partial charge in [0.2, 0.25) is 0 Å². The van der Waals surface area contributed by atoms with Crippen molar-refractivity contribution in [1.29, 1.82) is 0 Å². The zero-order valence-corrected chi connectivity index (χ0v) is 11.8. The highest BCUT2D eigenvalue weighted by Gasteiger charge is 2.38. The molecule has 2 atom stereocenters. The Morgan fingerprint density at radius 2 is 2.26 bits per heavy atom. The predicted molar refractivity (Wildman–Crippen MR) is 71.8 cm³/mol. The zero-order valence-electron chi connectivity index (χ0n) is 11.0. The largest absolute Gasteiger partial charge is 0.466 e. The average molecular weight is 286 g/mol. The Bertz CT molecular complexity index is 481. The molecule has 0 saturated carbocycles. The van der Waals surface area contributed by atoms with Crippen LogP contribution in [0.1, 0.15) is 18.4 Å². The number of rotatable bonds is 3. The summed E-state index contributed by atoms with van der Waals surface area (Å²) < 4.78 is 18.2. The average Bonchev–Trinajstić information content (AvgIpc) is 2.71. The van der Waals surface area contributed by atoms with Crippen LogP contribution in [0.25, 0.3) is 0 Å². The Balaban J connectivity index is 2.27. The number of likely N-dealkylation sites (N-methyl/N-ethyl adjacent to an activating group) is 1. The molecule has 1 aliphatic rings. The van der Waals surface area contributed by atoms with Crippen molar-refractivity contribution in [2.75, 3.05) is 26.7 Å². The van der Waals surface area contributed by atoms with Crippen LogP contribution in [0.15, 0.2) is 18.2 Å². The first kappa shape index (κ1) is 14.3. The minimum absolute atomic E-state index is 0.0443. The minimum atomic E-state index is -0.368. The van der Waals surface area contributed by atoms with Gasteiger partial charge in [0.15, 0.2) is 0 Å². The summed E-state index contributed by atoms with van der Waals surface area (Å²) in [6, 6.07) is 4.33. The van der Waals surface area contributed by atoms with Crippen LogP contribution in [-0.2, 0) is 9.53 Å². The van der Waals surface area contributed by atoms with Gasteiger partial charge in [-0.25, -0.2) is 4.39 Å². The molecule has 0 aromatic heterocycles. The number of carbonyl (C=O) groups excluding carboxylic acids is 1. The molecule has 1 aromatic rings. The van der Waals surface area contributed by atoms with Crippen molar-refractivity contribution in [1.82, 2.24) is 4.90 Å². The summed E-state index contributed by atoms with van der Waals surface area (Å²) in [6.07, 6.45) is 0. The Morgan fingerprint density at radius 3 is 2.89 bits per heavy atom. The lowest BCUT2D eigenvalue weighted by atomic mass is 9.89. The predicted octanol–water partition coefficient (Wildman–Crippen LogP) is 2.69. The summed E-state index contributed by atoms with van der Waals surface area (Å²) in [5, 5.41) is 0.370. The second kappa shape index (κ2) is 5.88. The van der Waals surface area contributed by atoms with E-state index in [1.165, 1.54) is 12.1 Å². The molecular formula is C14H17ClFNO2. The molecule has 19 heavy (non-hydrogen) atoms. The van der Waals surface area contributed by atoms with Crippen LogP contribution < -0.4 is 0 Å². The van der Waals surface area contributed by atoms with Crippen LogP contribution in [0.4, 0.5) is 4.39 Å². The molecule has 0 spiro atoms. The summed E-state index contributed by atoms with van der Waals surface area (Å²) in [6.45, 7) is 3.51. The number of halogens is 2. The molecule has 2 rings (SSSR count). The number of ether oxygens (including phenoxy) is 1. The molecule has 0 aliphatic carbocycles. The quantitative estimate of drug-likeness (QED) is 0.800. The van der Waals surface area contributed by atoms with Crippen LogP contribution in [-0.4, -0.2) is 37.6 Å². The second-order valence-electron chi connectivity index (χ2n) is 4.85. The van der Waals surface area contributed by atoms with Crippen molar-refractivity contribution in [3.63, 3.8) is 0 Å². The van der Waals surface area contributed by atoms with E-state index in [1.807, 2.05) is 7.05 Å². The first-order valence-corrected chi connectivity index (χ1v) is 6.70. The third-order valence-electron chi connectivity index (χ3n) is 3.45. The lowest BCUT2D eigenvalue weighted by Gasteiger charge is -2.18. The molecule has 1 fully saturated rings. The van der Waals surface area contributed by atoms with Crippen LogP contribution in [0.3, 0.4) is 0 Å². The van der Waals surface area contributed by atoms with E-state index in [0.29, 0.717) is 18.2 Å². The number of benzene rings is 1. The molecule has 104 valence electrons. The van der Waals surface area contributed by atoms with Gasteiger partial charge in [0.05, 0.1) is 12.5 Å². The van der Waals surface area contributed by atoms with Crippen LogP contribution in [0, 0.1) is 11.7 Å². The molecule has 3 nitrogen and oxygen atoms in total. The Kier molecular flexibility index (Phi) is 4.42. The first-order valence-electron chi connectivity index (χ1n) is 6.33. The highest BCUT2D eigenvalue weighted by Crippen LogP contribution is 2.36. The molecular weight excluding hydrogens is 269 g/mol. The van der Waals surface area contributed by atoms with Crippen LogP contribution in [0.2, 0.25) is 5.02 Å². The van der Waals surface area contributed by atoms with E-state index >= 15 is 0 Å². The van der Waals surface area contributed by atoms with Gasteiger partial charge in [0.1, 0.15) is 5.82 Å². The summed E-state index contributed by atoms with van der Waals surface area (Å²) in [4.78, 5) is 14.0. The van der Waals surface area contributed by atoms with E-state index in [1.54, 1.807) is 13.0 Å². The highest BCUT2D eigenvalue weighted by molar-refractivity contribution is 6.31. The van der Waals surface area contributed by atoms with Gasteiger partial charge in [-0.2, -0.15) is 0 Å². The monoisotopic (exact) mass is 285 g/mol. The molecule has 0 N–H and O–H groups in total. The molecule has 0 bridgehead atoms. The molecule has 1 aromatic carbocycles. The maximum atomic E-state index is 13.1. The molecule has 1 aliphatic heterocycles. The number of carbonyl (C=O) groups is 1. The summed E-state index contributed by atoms with van der Waals surface area (Å²) in [7, 11) is 1.95. The first-order chi connectivity index (χ1) is 9.02. The number of likely N-dealkylation sites (tertiary alicyclic amines) is 1. The van der Waals surface area contributed by atoms with Gasteiger partial charge in [0, 0.05) is 24.0 Å². The number of hydrogen-bond donors (Lipinski definition) is 0. The summed E-state index contributed by atoms with van der Waals surface area (Å²) in [5.41, 5.74) is 0.811. The molecule has 1 heterocycles. The van der Waals surface area contributed by atoms with Gasteiger partial charge >= 0.3 is 5.97 Å². The van der Waals surface area contributed by atoms with E-state index in [0.717, 1.165) is 12.1 Å². The van der Waals surface area contributed by atoms with E-state index in [9.17, 15) is 9.18 Å². The molecule has 5 heteroatoms. The van der Waals surface area contributed by atoms with Crippen molar-refractivity contribution in [2.24, 2.45) is 5.92 Å². The maximum Gasteiger partial charge on any atom is 0.310 e. The lowest BCUT2D eigenvalue weighted by Crippen LogP contribution is -2.24. The van der Waals surface area contributed by atoms with E-state index < -0.39 is 0 Å². The van der Waals surface area contributed by atoms with Gasteiger partial charge < -0.3 is 9.64 Å². The van der Waals surface area contributed by atoms with Crippen molar-refractivity contribution in [3.8, 4) is 0 Å². The van der Waals surface area contributed by atoms with E-state index in [4.69, 9.17) is 16.3 Å². The number of nitrogens with zero attached hydrogens (tertiary/aromatic N) is 1. The Morgan fingerprint density at radius 1 is 1.53 bits per heavy atom. The fraction of sp³-hybridized carbons (Fsp3) is 0.500. The van der Waals surface area contributed by atoms with Gasteiger partial charge in [-0.05, 0) is 31.7 Å².